The van der Waals surface area contributed by atoms with Crippen LogP contribution in [-0.4, -0.2) is 48.4 Å². The van der Waals surface area contributed by atoms with Gasteiger partial charge in [-0.2, -0.15) is 0 Å². The predicted molar refractivity (Wildman–Crippen MR) is 85.2 cm³/mol. The topological polar surface area (TPSA) is 59.0 Å². The molecule has 1 atom stereocenters. The van der Waals surface area contributed by atoms with E-state index >= 15 is 0 Å². The molecule has 2 aliphatic heterocycles. The van der Waals surface area contributed by atoms with E-state index in [4.69, 9.17) is 9.47 Å². The molecule has 0 radical (unpaired) electrons. The van der Waals surface area contributed by atoms with Gasteiger partial charge in [0.25, 0.3) is 0 Å². The molecule has 120 valence electrons. The molecular weight excluding hydrogens is 294 g/mol. The number of aliphatic hydroxyl groups is 1. The molecule has 2 aromatic carbocycles. The highest BCUT2D eigenvalue weighted by atomic mass is 16.5. The number of carbonyl (C=O) groups is 1. The number of nitrogens with zero attached hydrogens (tertiary/aromatic N) is 1. The van der Waals surface area contributed by atoms with E-state index in [1.54, 1.807) is 0 Å². The molecule has 1 saturated heterocycles. The van der Waals surface area contributed by atoms with Gasteiger partial charge in [0.2, 0.25) is 0 Å². The second kappa shape index (κ2) is 5.92. The van der Waals surface area contributed by atoms with Crippen molar-refractivity contribution in [1.29, 1.82) is 0 Å². The van der Waals surface area contributed by atoms with Crippen molar-refractivity contribution >= 4 is 16.7 Å². The maximum absolute atomic E-state index is 12.0. The van der Waals surface area contributed by atoms with Crippen LogP contribution in [0.15, 0.2) is 30.3 Å². The summed E-state index contributed by atoms with van der Waals surface area (Å²) >= 11 is 0. The molecule has 2 aromatic rings. The van der Waals surface area contributed by atoms with Crippen molar-refractivity contribution in [3.63, 3.8) is 0 Å². The average molecular weight is 313 g/mol. The molecule has 0 saturated carbocycles. The van der Waals surface area contributed by atoms with Gasteiger partial charge in [0.1, 0.15) is 6.61 Å². The fourth-order valence-corrected chi connectivity index (χ4v) is 3.43. The van der Waals surface area contributed by atoms with Crippen molar-refractivity contribution in [2.24, 2.45) is 0 Å². The van der Waals surface area contributed by atoms with Crippen molar-refractivity contribution in [2.45, 2.75) is 19.3 Å². The summed E-state index contributed by atoms with van der Waals surface area (Å²) in [6, 6.07) is 9.91. The zero-order valence-corrected chi connectivity index (χ0v) is 12.8. The highest BCUT2D eigenvalue weighted by Crippen LogP contribution is 2.31. The summed E-state index contributed by atoms with van der Waals surface area (Å²) in [6.07, 6.45) is -0.451. The van der Waals surface area contributed by atoms with Crippen LogP contribution in [0, 0.1) is 0 Å². The van der Waals surface area contributed by atoms with Crippen LogP contribution in [0.4, 0.5) is 0 Å². The summed E-state index contributed by atoms with van der Waals surface area (Å²) in [6.45, 7) is 3.49. The Kier molecular flexibility index (Phi) is 3.77. The molecule has 0 unspecified atom stereocenters. The highest BCUT2D eigenvalue weighted by Gasteiger charge is 2.23. The molecule has 4 rings (SSSR count). The van der Waals surface area contributed by atoms with Gasteiger partial charge < -0.3 is 14.6 Å². The van der Waals surface area contributed by atoms with Gasteiger partial charge in [0.15, 0.2) is 0 Å². The Morgan fingerprint density at radius 1 is 1.26 bits per heavy atom. The zero-order valence-electron chi connectivity index (χ0n) is 12.8. The number of benzene rings is 2. The number of esters is 1. The first-order chi connectivity index (χ1) is 11.2. The largest absolute Gasteiger partial charge is 0.457 e. The number of carbonyl (C=O) groups excluding carboxylic acids is 1. The third-order valence-electron chi connectivity index (χ3n) is 4.52. The molecule has 0 bridgehead atoms. The molecule has 0 amide bonds. The normalized spacial score (nSPS) is 22.0. The molecule has 1 fully saturated rings. The van der Waals surface area contributed by atoms with E-state index in [1.165, 1.54) is 0 Å². The van der Waals surface area contributed by atoms with Crippen LogP contribution < -0.4 is 0 Å². The molecule has 0 aromatic heterocycles. The first-order valence-electron chi connectivity index (χ1n) is 7.91. The molecule has 5 heteroatoms. The molecular formula is C18H19NO4. The van der Waals surface area contributed by atoms with Gasteiger partial charge >= 0.3 is 5.97 Å². The number of hydrogen-bond acceptors (Lipinski definition) is 5. The zero-order chi connectivity index (χ0) is 15.8. The van der Waals surface area contributed by atoms with E-state index in [0.717, 1.165) is 35.0 Å². The molecule has 2 aliphatic rings. The Hall–Kier alpha value is -1.95. The van der Waals surface area contributed by atoms with E-state index < -0.39 is 6.10 Å². The van der Waals surface area contributed by atoms with Crippen molar-refractivity contribution in [3.05, 3.63) is 47.0 Å². The van der Waals surface area contributed by atoms with Crippen LogP contribution in [0.1, 0.15) is 21.5 Å². The van der Waals surface area contributed by atoms with Gasteiger partial charge in [-0.25, -0.2) is 4.79 Å². The fourth-order valence-electron chi connectivity index (χ4n) is 3.43. The third kappa shape index (κ3) is 2.72. The summed E-state index contributed by atoms with van der Waals surface area (Å²) in [5.74, 6) is -0.251. The summed E-state index contributed by atoms with van der Waals surface area (Å²) in [7, 11) is 0. The predicted octanol–water partition coefficient (Wildman–Crippen LogP) is 1.70. The van der Waals surface area contributed by atoms with E-state index in [1.807, 2.05) is 18.2 Å². The summed E-state index contributed by atoms with van der Waals surface area (Å²) in [5.41, 5.74) is 2.86. The lowest BCUT2D eigenvalue weighted by molar-refractivity contribution is 0.0463. The highest BCUT2D eigenvalue weighted by molar-refractivity contribution is 6.08. The Morgan fingerprint density at radius 2 is 2.17 bits per heavy atom. The smallest absolute Gasteiger partial charge is 0.339 e. The maximum atomic E-state index is 12.0. The Labute approximate surface area is 134 Å². The standard InChI is InChI=1S/C18H19NO4/c20-14-9-19(6-7-22-11-14)8-12-4-5-13-10-23-18(21)16-3-1-2-15(12)17(13)16/h1-5,14,20H,6-11H2/t14-/m0/s1. The first kappa shape index (κ1) is 14.6. The lowest BCUT2D eigenvalue weighted by Crippen LogP contribution is -2.32. The summed E-state index contributed by atoms with van der Waals surface area (Å²) in [5, 5.41) is 12.0. The van der Waals surface area contributed by atoms with Crippen molar-refractivity contribution in [2.75, 3.05) is 26.3 Å². The van der Waals surface area contributed by atoms with Gasteiger partial charge in [0, 0.05) is 25.0 Å². The first-order valence-corrected chi connectivity index (χ1v) is 7.91. The van der Waals surface area contributed by atoms with Crippen LogP contribution in [0.25, 0.3) is 10.8 Å². The van der Waals surface area contributed by atoms with E-state index in [-0.39, 0.29) is 5.97 Å². The van der Waals surface area contributed by atoms with Crippen LogP contribution in [0.2, 0.25) is 0 Å². The lowest BCUT2D eigenvalue weighted by atomic mass is 9.94. The number of cyclic esters (lactones) is 1. The number of hydrogen-bond donors (Lipinski definition) is 1. The molecule has 23 heavy (non-hydrogen) atoms. The van der Waals surface area contributed by atoms with E-state index in [9.17, 15) is 9.90 Å². The minimum Gasteiger partial charge on any atom is -0.457 e. The van der Waals surface area contributed by atoms with Gasteiger partial charge in [-0.15, -0.1) is 0 Å². The van der Waals surface area contributed by atoms with Crippen LogP contribution in [0.5, 0.6) is 0 Å². The number of rotatable bonds is 2. The van der Waals surface area contributed by atoms with Crippen LogP contribution >= 0.6 is 0 Å². The maximum Gasteiger partial charge on any atom is 0.339 e. The quantitative estimate of drug-likeness (QED) is 0.855. The third-order valence-corrected chi connectivity index (χ3v) is 4.52. The minimum absolute atomic E-state index is 0.251. The average Bonchev–Trinajstić information content (AvgIpc) is 2.77. The Morgan fingerprint density at radius 3 is 3.09 bits per heavy atom. The second-order valence-electron chi connectivity index (χ2n) is 6.15. The van der Waals surface area contributed by atoms with Crippen molar-refractivity contribution in [3.8, 4) is 0 Å². The van der Waals surface area contributed by atoms with Gasteiger partial charge in [-0.05, 0) is 22.6 Å². The van der Waals surface area contributed by atoms with Crippen LogP contribution in [-0.2, 0) is 22.6 Å². The SMILES string of the molecule is O=C1OCc2ccc(CN3CCOC[C@@H](O)C3)c3cccc1c23. The molecule has 0 aliphatic carbocycles. The Balaban J connectivity index is 1.73. The molecule has 1 N–H and O–H groups in total. The van der Waals surface area contributed by atoms with Crippen molar-refractivity contribution in [1.82, 2.24) is 4.90 Å². The fraction of sp³-hybridized carbons (Fsp3) is 0.389. The van der Waals surface area contributed by atoms with E-state index in [0.29, 0.717) is 31.9 Å². The number of aliphatic hydroxyl groups excluding tert-OH is 1. The Bertz CT molecular complexity index is 758. The molecule has 0 spiro atoms. The van der Waals surface area contributed by atoms with Gasteiger partial charge in [0.05, 0.1) is 24.9 Å². The van der Waals surface area contributed by atoms with Gasteiger partial charge in [-0.1, -0.05) is 24.3 Å². The molecule has 2 heterocycles. The van der Waals surface area contributed by atoms with Gasteiger partial charge in [-0.3, -0.25) is 4.90 Å². The minimum atomic E-state index is -0.451. The molecule has 5 nitrogen and oxygen atoms in total. The second-order valence-corrected chi connectivity index (χ2v) is 6.15. The van der Waals surface area contributed by atoms with Crippen molar-refractivity contribution < 1.29 is 19.4 Å². The van der Waals surface area contributed by atoms with Crippen LogP contribution in [0.3, 0.4) is 0 Å². The lowest BCUT2D eigenvalue weighted by Gasteiger charge is -2.24. The van der Waals surface area contributed by atoms with E-state index in [2.05, 4.69) is 17.0 Å². The number of ether oxygens (including phenoxy) is 2. The monoisotopic (exact) mass is 313 g/mol. The summed E-state index contributed by atoms with van der Waals surface area (Å²) < 4.78 is 10.6. The summed E-state index contributed by atoms with van der Waals surface area (Å²) in [4.78, 5) is 14.2. The number of β-amino-alcohol motifs (C(OH)–C–C–N with tert-alkyl or cyclic N) is 1.